The number of hydrogen-bond acceptors (Lipinski definition) is 3. The highest BCUT2D eigenvalue weighted by Gasteiger charge is 2.32. The third-order valence-corrected chi connectivity index (χ3v) is 4.59. The van der Waals surface area contributed by atoms with Gasteiger partial charge in [0.2, 0.25) is 0 Å². The third kappa shape index (κ3) is 3.38. The highest BCUT2D eigenvalue weighted by molar-refractivity contribution is 9.10. The lowest BCUT2D eigenvalue weighted by Crippen LogP contribution is -2.34. The molecule has 1 aromatic heterocycles. The number of nitrogens with one attached hydrogen (secondary N) is 1. The topological polar surface area (TPSA) is 39.1 Å². The number of rotatable bonds is 7. The zero-order valence-electron chi connectivity index (χ0n) is 12.0. The van der Waals surface area contributed by atoms with Crippen LogP contribution in [0.4, 0.5) is 0 Å². The molecule has 0 spiro atoms. The van der Waals surface area contributed by atoms with E-state index in [-0.39, 0.29) is 0 Å². The first-order valence-corrected chi connectivity index (χ1v) is 7.98. The van der Waals surface area contributed by atoms with Crippen molar-refractivity contribution in [3.05, 3.63) is 16.4 Å². The zero-order valence-corrected chi connectivity index (χ0v) is 13.6. The van der Waals surface area contributed by atoms with Crippen molar-refractivity contribution in [3.63, 3.8) is 0 Å². The van der Waals surface area contributed by atoms with E-state index in [1.54, 1.807) is 0 Å². The Labute approximate surface area is 124 Å². The zero-order chi connectivity index (χ0) is 13.8. The molecule has 0 amide bonds. The van der Waals surface area contributed by atoms with Gasteiger partial charge in [-0.25, -0.2) is 0 Å². The molecule has 0 radical (unpaired) electrons. The van der Waals surface area contributed by atoms with Gasteiger partial charge < -0.3 is 10.1 Å². The van der Waals surface area contributed by atoms with Crippen molar-refractivity contribution in [2.24, 2.45) is 5.92 Å². The minimum atomic E-state index is 0.365. The van der Waals surface area contributed by atoms with Gasteiger partial charge >= 0.3 is 0 Å². The summed E-state index contributed by atoms with van der Waals surface area (Å²) in [5, 5.41) is 7.84. The summed E-state index contributed by atoms with van der Waals surface area (Å²) in [4.78, 5) is 0. The Hall–Kier alpha value is -0.390. The van der Waals surface area contributed by atoms with Crippen molar-refractivity contribution in [2.45, 2.75) is 51.8 Å². The second kappa shape index (κ2) is 6.86. The van der Waals surface area contributed by atoms with Gasteiger partial charge in [-0.1, -0.05) is 0 Å². The molecule has 1 N–H and O–H groups in total. The predicted molar refractivity (Wildman–Crippen MR) is 80.2 cm³/mol. The van der Waals surface area contributed by atoms with Crippen molar-refractivity contribution in [1.82, 2.24) is 15.1 Å². The van der Waals surface area contributed by atoms with Crippen LogP contribution in [0.3, 0.4) is 0 Å². The number of hydrogen-bond donors (Lipinski definition) is 1. The monoisotopic (exact) mass is 329 g/mol. The van der Waals surface area contributed by atoms with E-state index in [1.807, 2.05) is 13.2 Å². The van der Waals surface area contributed by atoms with E-state index in [2.05, 4.69) is 44.9 Å². The summed E-state index contributed by atoms with van der Waals surface area (Å²) >= 11 is 3.62. The van der Waals surface area contributed by atoms with E-state index in [0.29, 0.717) is 12.1 Å². The second-order valence-corrected chi connectivity index (χ2v) is 6.04. The minimum Gasteiger partial charge on any atom is -0.378 e. The first-order chi connectivity index (χ1) is 9.19. The summed E-state index contributed by atoms with van der Waals surface area (Å²) < 4.78 is 8.81. The molecular formula is C14H24BrN3O. The number of aryl methyl sites for hydroxylation is 1. The van der Waals surface area contributed by atoms with Crippen molar-refractivity contribution in [3.8, 4) is 0 Å². The Morgan fingerprint density at radius 3 is 2.84 bits per heavy atom. The summed E-state index contributed by atoms with van der Waals surface area (Å²) in [5.41, 5.74) is 1.27. The van der Waals surface area contributed by atoms with Crippen LogP contribution in [0.2, 0.25) is 0 Å². The summed E-state index contributed by atoms with van der Waals surface area (Å²) in [6, 6.07) is 0.365. The maximum Gasteiger partial charge on any atom is 0.0695 e. The van der Waals surface area contributed by atoms with Crippen LogP contribution in [-0.4, -0.2) is 29.5 Å². The Balaban J connectivity index is 1.95. The van der Waals surface area contributed by atoms with Gasteiger partial charge in [0.05, 0.1) is 28.5 Å². The maximum atomic E-state index is 5.64. The molecule has 0 bridgehead atoms. The lowest BCUT2D eigenvalue weighted by Gasteiger charge is -2.37. The largest absolute Gasteiger partial charge is 0.378 e. The van der Waals surface area contributed by atoms with Crippen LogP contribution in [0.15, 0.2) is 10.7 Å². The van der Waals surface area contributed by atoms with Gasteiger partial charge in [-0.3, -0.25) is 4.68 Å². The Morgan fingerprint density at radius 2 is 2.26 bits per heavy atom. The highest BCUT2D eigenvalue weighted by atomic mass is 79.9. The summed E-state index contributed by atoms with van der Waals surface area (Å²) in [7, 11) is 2.03. The van der Waals surface area contributed by atoms with Crippen LogP contribution >= 0.6 is 15.9 Å². The van der Waals surface area contributed by atoms with Gasteiger partial charge in [0.1, 0.15) is 0 Å². The van der Waals surface area contributed by atoms with Crippen molar-refractivity contribution in [1.29, 1.82) is 0 Å². The second-order valence-electron chi connectivity index (χ2n) is 5.19. The third-order valence-electron chi connectivity index (χ3n) is 3.98. The number of halogens is 1. The van der Waals surface area contributed by atoms with Gasteiger partial charge in [0.15, 0.2) is 0 Å². The fourth-order valence-corrected chi connectivity index (χ4v) is 3.48. The van der Waals surface area contributed by atoms with E-state index in [4.69, 9.17) is 4.74 Å². The molecule has 4 nitrogen and oxygen atoms in total. The molecular weight excluding hydrogens is 306 g/mol. The Morgan fingerprint density at radius 1 is 1.53 bits per heavy atom. The van der Waals surface area contributed by atoms with Gasteiger partial charge in [0, 0.05) is 13.2 Å². The fourth-order valence-electron chi connectivity index (χ4n) is 2.91. The summed E-state index contributed by atoms with van der Waals surface area (Å²) in [6.45, 7) is 5.94. The van der Waals surface area contributed by atoms with Crippen molar-refractivity contribution in [2.75, 3.05) is 13.7 Å². The fraction of sp³-hybridized carbons (Fsp3) is 0.786. The first-order valence-electron chi connectivity index (χ1n) is 7.19. The lowest BCUT2D eigenvalue weighted by molar-refractivity contribution is -0.0291. The van der Waals surface area contributed by atoms with Crippen molar-refractivity contribution >= 4 is 15.9 Å². The molecule has 0 aliphatic heterocycles. The van der Waals surface area contributed by atoms with Crippen LogP contribution in [0.1, 0.15) is 44.8 Å². The predicted octanol–water partition coefficient (Wildman–Crippen LogP) is 3.13. The molecule has 0 saturated heterocycles. The summed E-state index contributed by atoms with van der Waals surface area (Å²) in [5.74, 6) is 0.765. The van der Waals surface area contributed by atoms with Gasteiger partial charge in [0.25, 0.3) is 0 Å². The van der Waals surface area contributed by atoms with E-state index >= 15 is 0 Å². The van der Waals surface area contributed by atoms with Crippen LogP contribution in [0.25, 0.3) is 0 Å². The SMILES string of the molecule is CCOC1CC(CC(NC)c2c(Br)cnn2CC)C1. The number of ether oxygens (including phenoxy) is 1. The lowest BCUT2D eigenvalue weighted by atomic mass is 9.77. The van der Waals surface area contributed by atoms with Gasteiger partial charge in [-0.05, 0) is 62.0 Å². The molecule has 0 aromatic carbocycles. The average molecular weight is 330 g/mol. The highest BCUT2D eigenvalue weighted by Crippen LogP contribution is 2.38. The molecule has 1 heterocycles. The smallest absolute Gasteiger partial charge is 0.0695 e. The normalized spacial score (nSPS) is 24.2. The molecule has 108 valence electrons. The molecule has 5 heteroatoms. The van der Waals surface area contributed by atoms with Gasteiger partial charge in [-0.2, -0.15) is 5.10 Å². The number of nitrogens with zero attached hydrogens (tertiary/aromatic N) is 2. The quantitative estimate of drug-likeness (QED) is 0.835. The molecule has 1 aliphatic carbocycles. The van der Waals surface area contributed by atoms with Crippen molar-refractivity contribution < 1.29 is 4.74 Å². The molecule has 1 atom stereocenters. The first kappa shape index (κ1) is 15.0. The minimum absolute atomic E-state index is 0.365. The van der Waals surface area contributed by atoms with E-state index in [9.17, 15) is 0 Å². The molecule has 1 fully saturated rings. The average Bonchev–Trinajstić information content (AvgIpc) is 2.73. The van der Waals surface area contributed by atoms with E-state index in [0.717, 1.165) is 30.0 Å². The van der Waals surface area contributed by atoms with Gasteiger partial charge in [-0.15, -0.1) is 0 Å². The number of aromatic nitrogens is 2. The molecule has 1 saturated carbocycles. The Kier molecular flexibility index (Phi) is 5.42. The van der Waals surface area contributed by atoms with Crippen LogP contribution in [-0.2, 0) is 11.3 Å². The Bertz CT molecular complexity index is 401. The molecule has 19 heavy (non-hydrogen) atoms. The van der Waals surface area contributed by atoms with Crippen LogP contribution in [0, 0.1) is 5.92 Å². The standard InChI is InChI=1S/C14H24BrN3O/c1-4-18-14(12(15)9-17-18)13(16-3)8-10-6-11(7-10)19-5-2/h9-11,13,16H,4-8H2,1-3H3. The summed E-state index contributed by atoms with van der Waals surface area (Å²) in [6.07, 6.45) is 5.94. The van der Waals surface area contributed by atoms with Crippen LogP contribution < -0.4 is 5.32 Å². The molecule has 1 aromatic rings. The molecule has 2 rings (SSSR count). The van der Waals surface area contributed by atoms with E-state index < -0.39 is 0 Å². The van der Waals surface area contributed by atoms with Crippen LogP contribution in [0.5, 0.6) is 0 Å². The maximum absolute atomic E-state index is 5.64. The van der Waals surface area contributed by atoms with E-state index in [1.165, 1.54) is 18.5 Å². The molecule has 1 aliphatic rings. The molecule has 1 unspecified atom stereocenters.